The number of hydrogen-bond donors (Lipinski definition) is 1. The number of hydrogen-bond acceptors (Lipinski definition) is 3. The molecule has 4 nitrogen and oxygen atoms in total. The molecule has 0 aliphatic rings. The number of carbonyl (C=O) groups is 1. The molecule has 0 fully saturated rings. The van der Waals surface area contributed by atoms with E-state index in [1.165, 1.54) is 0 Å². The van der Waals surface area contributed by atoms with Gasteiger partial charge in [0.2, 0.25) is 0 Å². The van der Waals surface area contributed by atoms with Gasteiger partial charge >= 0.3 is 5.97 Å². The molecule has 0 saturated heterocycles. The number of nitrogens with zero attached hydrogens (tertiary/aromatic N) is 1. The molecule has 0 aliphatic carbocycles. The molecule has 0 aliphatic heterocycles. The van der Waals surface area contributed by atoms with Crippen LogP contribution in [0.25, 0.3) is 0 Å². The fourth-order valence-electron chi connectivity index (χ4n) is 1.98. The van der Waals surface area contributed by atoms with Gasteiger partial charge in [-0.1, -0.05) is 30.3 Å². The first-order valence-corrected chi connectivity index (χ1v) is 6.11. The number of carboxylic acid groups (broad SMARTS) is 1. The minimum Gasteiger partial charge on any atom is -0.481 e. The van der Waals surface area contributed by atoms with Gasteiger partial charge < -0.3 is 9.84 Å². The lowest BCUT2D eigenvalue weighted by Crippen LogP contribution is -2.28. The minimum absolute atomic E-state index is 0.0828. The van der Waals surface area contributed by atoms with E-state index >= 15 is 0 Å². The average Bonchev–Trinajstić information content (AvgIpc) is 2.37. The van der Waals surface area contributed by atoms with Crippen molar-refractivity contribution >= 4 is 5.97 Å². The Labute approximate surface area is 108 Å². The van der Waals surface area contributed by atoms with Crippen molar-refractivity contribution < 1.29 is 14.6 Å². The van der Waals surface area contributed by atoms with Gasteiger partial charge in [-0.2, -0.15) is 0 Å². The van der Waals surface area contributed by atoms with Crippen molar-refractivity contribution in [2.24, 2.45) is 0 Å². The van der Waals surface area contributed by atoms with Crippen molar-refractivity contribution in [3.05, 3.63) is 35.9 Å². The molecule has 0 bridgehead atoms. The first-order valence-electron chi connectivity index (χ1n) is 6.11. The Hall–Kier alpha value is -1.39. The van der Waals surface area contributed by atoms with Crippen LogP contribution >= 0.6 is 0 Å². The maximum atomic E-state index is 11.0. The normalized spacial score (nSPS) is 12.6. The Kier molecular flexibility index (Phi) is 6.39. The Bertz CT molecular complexity index is 353. The van der Waals surface area contributed by atoms with E-state index in [9.17, 15) is 4.79 Å². The molecule has 18 heavy (non-hydrogen) atoms. The van der Waals surface area contributed by atoms with Gasteiger partial charge in [-0.3, -0.25) is 9.69 Å². The number of aliphatic carboxylic acids is 1. The molecule has 1 rings (SSSR count). The van der Waals surface area contributed by atoms with Crippen molar-refractivity contribution in [1.29, 1.82) is 0 Å². The number of benzene rings is 1. The van der Waals surface area contributed by atoms with Crippen molar-refractivity contribution in [2.75, 3.05) is 27.3 Å². The van der Waals surface area contributed by atoms with Gasteiger partial charge in [0.25, 0.3) is 0 Å². The van der Waals surface area contributed by atoms with Crippen LogP contribution in [0.1, 0.15) is 24.4 Å². The van der Waals surface area contributed by atoms with Crippen molar-refractivity contribution in [3.63, 3.8) is 0 Å². The highest BCUT2D eigenvalue weighted by molar-refractivity contribution is 5.67. The number of carboxylic acids is 1. The monoisotopic (exact) mass is 251 g/mol. The highest BCUT2D eigenvalue weighted by Gasteiger charge is 2.19. The zero-order valence-corrected chi connectivity index (χ0v) is 11.0. The van der Waals surface area contributed by atoms with Crippen LogP contribution in [0.5, 0.6) is 0 Å². The summed E-state index contributed by atoms with van der Waals surface area (Å²) in [7, 11) is 3.63. The molecule has 4 heteroatoms. The van der Waals surface area contributed by atoms with Crippen LogP contribution in [-0.4, -0.2) is 43.3 Å². The van der Waals surface area contributed by atoms with Crippen molar-refractivity contribution in [2.45, 2.75) is 18.9 Å². The summed E-state index contributed by atoms with van der Waals surface area (Å²) < 4.78 is 5.02. The third-order valence-electron chi connectivity index (χ3n) is 2.94. The summed E-state index contributed by atoms with van der Waals surface area (Å²) in [5.41, 5.74) is 1.04. The quantitative estimate of drug-likeness (QED) is 0.719. The van der Waals surface area contributed by atoms with Gasteiger partial charge in [-0.05, 0) is 19.0 Å². The molecule has 100 valence electrons. The summed E-state index contributed by atoms with van der Waals surface area (Å²) in [5.74, 6) is -0.776. The van der Waals surface area contributed by atoms with E-state index in [1.54, 1.807) is 7.11 Å². The SMILES string of the molecule is COCCCN(C)C(CC(=O)O)c1ccccc1. The fourth-order valence-corrected chi connectivity index (χ4v) is 1.98. The molecule has 0 spiro atoms. The number of rotatable bonds is 8. The lowest BCUT2D eigenvalue weighted by atomic mass is 10.0. The predicted octanol–water partition coefficient (Wildman–Crippen LogP) is 2.17. The van der Waals surface area contributed by atoms with E-state index < -0.39 is 5.97 Å². The highest BCUT2D eigenvalue weighted by Crippen LogP contribution is 2.22. The largest absolute Gasteiger partial charge is 0.481 e. The second kappa shape index (κ2) is 7.84. The van der Waals surface area contributed by atoms with Gasteiger partial charge in [0.1, 0.15) is 0 Å². The zero-order valence-electron chi connectivity index (χ0n) is 11.0. The van der Waals surface area contributed by atoms with Crippen LogP contribution in [0.2, 0.25) is 0 Å². The minimum atomic E-state index is -0.776. The van der Waals surface area contributed by atoms with Crippen LogP contribution in [0.3, 0.4) is 0 Å². The van der Waals surface area contributed by atoms with Crippen LogP contribution in [0.4, 0.5) is 0 Å². The molecular formula is C14H21NO3. The Morgan fingerprint density at radius 3 is 2.61 bits per heavy atom. The topological polar surface area (TPSA) is 49.8 Å². The second-order valence-corrected chi connectivity index (χ2v) is 4.35. The van der Waals surface area contributed by atoms with E-state index in [1.807, 2.05) is 37.4 Å². The molecule has 1 aromatic carbocycles. The first kappa shape index (κ1) is 14.7. The summed E-state index contributed by atoms with van der Waals surface area (Å²) in [6.07, 6.45) is 1.02. The molecule has 0 radical (unpaired) electrons. The summed E-state index contributed by atoms with van der Waals surface area (Å²) >= 11 is 0. The molecule has 1 atom stereocenters. The van der Waals surface area contributed by atoms with Crippen molar-refractivity contribution in [1.82, 2.24) is 4.90 Å². The smallest absolute Gasteiger partial charge is 0.305 e. The van der Waals surface area contributed by atoms with E-state index in [2.05, 4.69) is 4.90 Å². The molecule has 0 aromatic heterocycles. The van der Waals surface area contributed by atoms with E-state index in [4.69, 9.17) is 9.84 Å². The number of methoxy groups -OCH3 is 1. The average molecular weight is 251 g/mol. The Morgan fingerprint density at radius 1 is 1.39 bits per heavy atom. The van der Waals surface area contributed by atoms with Gasteiger partial charge in [-0.15, -0.1) is 0 Å². The van der Waals surface area contributed by atoms with Gasteiger partial charge in [-0.25, -0.2) is 0 Å². The third kappa shape index (κ3) is 4.85. The maximum Gasteiger partial charge on any atom is 0.305 e. The lowest BCUT2D eigenvalue weighted by Gasteiger charge is -2.27. The Morgan fingerprint density at radius 2 is 2.06 bits per heavy atom. The number of ether oxygens (including phenoxy) is 1. The van der Waals surface area contributed by atoms with Crippen LogP contribution in [0, 0.1) is 0 Å². The maximum absolute atomic E-state index is 11.0. The lowest BCUT2D eigenvalue weighted by molar-refractivity contribution is -0.138. The van der Waals surface area contributed by atoms with E-state index in [-0.39, 0.29) is 12.5 Å². The van der Waals surface area contributed by atoms with Gasteiger partial charge in [0, 0.05) is 26.3 Å². The summed E-state index contributed by atoms with van der Waals surface area (Å²) in [4.78, 5) is 13.0. The Balaban J connectivity index is 2.69. The first-order chi connectivity index (χ1) is 8.65. The molecule has 1 N–H and O–H groups in total. The van der Waals surface area contributed by atoms with Crippen LogP contribution in [0.15, 0.2) is 30.3 Å². The standard InChI is InChI=1S/C14H21NO3/c1-15(9-6-10-18-2)13(11-14(16)17)12-7-4-3-5-8-12/h3-5,7-8,13H,6,9-11H2,1-2H3,(H,16,17). The summed E-state index contributed by atoms with van der Waals surface area (Å²) in [5, 5.41) is 9.01. The highest BCUT2D eigenvalue weighted by atomic mass is 16.5. The predicted molar refractivity (Wildman–Crippen MR) is 70.6 cm³/mol. The van der Waals surface area contributed by atoms with Gasteiger partial charge in [0.05, 0.1) is 6.42 Å². The van der Waals surface area contributed by atoms with Crippen molar-refractivity contribution in [3.8, 4) is 0 Å². The second-order valence-electron chi connectivity index (χ2n) is 4.35. The molecular weight excluding hydrogens is 230 g/mol. The van der Waals surface area contributed by atoms with Crippen LogP contribution < -0.4 is 0 Å². The van der Waals surface area contributed by atoms with Gasteiger partial charge in [0.15, 0.2) is 0 Å². The molecule has 0 heterocycles. The molecule has 0 saturated carbocycles. The third-order valence-corrected chi connectivity index (χ3v) is 2.94. The molecule has 1 unspecified atom stereocenters. The zero-order chi connectivity index (χ0) is 13.4. The fraction of sp³-hybridized carbons (Fsp3) is 0.500. The summed E-state index contributed by atoms with van der Waals surface area (Å²) in [6.45, 7) is 1.51. The van der Waals surface area contributed by atoms with Crippen LogP contribution in [-0.2, 0) is 9.53 Å². The molecule has 1 aromatic rings. The van der Waals surface area contributed by atoms with E-state index in [0.717, 1.165) is 18.5 Å². The summed E-state index contributed by atoms with van der Waals surface area (Å²) in [6, 6.07) is 9.67. The van der Waals surface area contributed by atoms with E-state index in [0.29, 0.717) is 6.61 Å². The molecule has 0 amide bonds.